The van der Waals surface area contributed by atoms with Gasteiger partial charge in [0.1, 0.15) is 10.2 Å². The van der Waals surface area contributed by atoms with Crippen molar-refractivity contribution in [3.05, 3.63) is 56.4 Å². The smallest absolute Gasteiger partial charge is 0.271 e. The minimum absolute atomic E-state index is 0.0283. The van der Waals surface area contributed by atoms with E-state index < -0.39 is 0 Å². The van der Waals surface area contributed by atoms with Crippen LogP contribution in [-0.2, 0) is 0 Å². The predicted octanol–water partition coefficient (Wildman–Crippen LogP) is 3.96. The zero-order valence-electron chi connectivity index (χ0n) is 16.7. The Morgan fingerprint density at radius 2 is 1.93 bits per heavy atom. The van der Waals surface area contributed by atoms with Crippen molar-refractivity contribution in [1.82, 2.24) is 14.5 Å². The molecule has 4 rings (SSSR count). The second-order valence-corrected chi connectivity index (χ2v) is 9.18. The first-order chi connectivity index (χ1) is 13.9. The molecule has 1 amide bonds. The molecule has 0 N–H and O–H groups in total. The average molecular weight is 431 g/mol. The maximum atomic E-state index is 13.3. The van der Waals surface area contributed by atoms with Crippen LogP contribution in [0, 0.1) is 6.92 Å². The van der Waals surface area contributed by atoms with Gasteiger partial charge in [-0.15, -0.1) is 11.3 Å². The molecule has 0 spiro atoms. The maximum Gasteiger partial charge on any atom is 0.271 e. The van der Waals surface area contributed by atoms with E-state index in [-0.39, 0.29) is 17.5 Å². The molecule has 0 atom stereocenters. The summed E-state index contributed by atoms with van der Waals surface area (Å²) < 4.78 is 2.16. The van der Waals surface area contributed by atoms with Gasteiger partial charge in [0, 0.05) is 47.8 Å². The first-order valence-electron chi connectivity index (χ1n) is 9.67. The Balaban J connectivity index is 1.58. The topological polar surface area (TPSA) is 58.4 Å². The third-order valence-electron chi connectivity index (χ3n) is 5.31. The number of fused-ring (bicyclic) bond motifs is 1. The fraction of sp³-hybridized carbons (Fsp3) is 0.381. The van der Waals surface area contributed by atoms with Crippen LogP contribution in [0.15, 0.2) is 35.4 Å². The van der Waals surface area contributed by atoms with Gasteiger partial charge in [-0.05, 0) is 39.0 Å². The monoisotopic (exact) mass is 430 g/mol. The van der Waals surface area contributed by atoms with E-state index in [1.54, 1.807) is 10.9 Å². The number of benzene rings is 1. The largest absolute Gasteiger partial charge is 0.368 e. The lowest BCUT2D eigenvalue weighted by atomic mass is 10.1. The standard InChI is InChI=1S/C21H23ClN4O2S/c1-13(2)26-12-23-18-17(14(3)29-19(18)21(26)28)20(27)25-9-7-24(8-10-25)16-6-4-5-15(22)11-16/h4-6,11-13H,7-10H2,1-3H3. The molecule has 0 aliphatic carbocycles. The lowest BCUT2D eigenvalue weighted by molar-refractivity contribution is 0.0748. The van der Waals surface area contributed by atoms with Crippen molar-refractivity contribution in [3.8, 4) is 0 Å². The molecular formula is C21H23ClN4O2S. The molecule has 0 unspecified atom stereocenters. The number of carbonyl (C=O) groups is 1. The normalized spacial score (nSPS) is 14.8. The molecule has 3 heterocycles. The van der Waals surface area contributed by atoms with E-state index in [1.807, 2.05) is 49.9 Å². The second-order valence-electron chi connectivity index (χ2n) is 7.52. The van der Waals surface area contributed by atoms with Crippen molar-refractivity contribution in [2.75, 3.05) is 31.1 Å². The van der Waals surface area contributed by atoms with Crippen molar-refractivity contribution >= 4 is 44.7 Å². The minimum atomic E-state index is -0.0806. The van der Waals surface area contributed by atoms with Crippen LogP contribution >= 0.6 is 22.9 Å². The highest BCUT2D eigenvalue weighted by atomic mass is 35.5. The summed E-state index contributed by atoms with van der Waals surface area (Å²) in [7, 11) is 0. The van der Waals surface area contributed by atoms with Crippen LogP contribution in [0.2, 0.25) is 5.02 Å². The van der Waals surface area contributed by atoms with E-state index in [4.69, 9.17) is 11.6 Å². The first-order valence-corrected chi connectivity index (χ1v) is 10.9. The molecule has 0 saturated carbocycles. The SMILES string of the molecule is Cc1sc2c(=O)n(C(C)C)cnc2c1C(=O)N1CCN(c2cccc(Cl)c2)CC1. The van der Waals surface area contributed by atoms with Crippen LogP contribution in [-0.4, -0.2) is 46.5 Å². The van der Waals surface area contributed by atoms with Gasteiger partial charge in [-0.1, -0.05) is 17.7 Å². The fourth-order valence-electron chi connectivity index (χ4n) is 3.71. The molecule has 3 aromatic rings. The van der Waals surface area contributed by atoms with Crippen molar-refractivity contribution in [2.24, 2.45) is 0 Å². The second kappa shape index (κ2) is 7.80. The van der Waals surface area contributed by atoms with Crippen LogP contribution < -0.4 is 10.5 Å². The van der Waals surface area contributed by atoms with Crippen LogP contribution in [0.5, 0.6) is 0 Å². The number of halogens is 1. The van der Waals surface area contributed by atoms with Gasteiger partial charge in [0.2, 0.25) is 0 Å². The molecule has 1 aliphatic heterocycles. The summed E-state index contributed by atoms with van der Waals surface area (Å²) in [6, 6.07) is 7.80. The molecule has 2 aromatic heterocycles. The van der Waals surface area contributed by atoms with Crippen molar-refractivity contribution in [3.63, 3.8) is 0 Å². The maximum absolute atomic E-state index is 13.3. The highest BCUT2D eigenvalue weighted by Gasteiger charge is 2.27. The third kappa shape index (κ3) is 3.65. The van der Waals surface area contributed by atoms with Crippen LogP contribution in [0.1, 0.15) is 35.1 Å². The Hall–Kier alpha value is -2.38. The molecule has 29 heavy (non-hydrogen) atoms. The molecule has 1 aromatic carbocycles. The molecule has 152 valence electrons. The number of nitrogens with zero attached hydrogens (tertiary/aromatic N) is 4. The number of anilines is 1. The number of hydrogen-bond acceptors (Lipinski definition) is 5. The quantitative estimate of drug-likeness (QED) is 0.631. The van der Waals surface area contributed by atoms with E-state index in [0.29, 0.717) is 33.9 Å². The number of rotatable bonds is 3. The summed E-state index contributed by atoms with van der Waals surface area (Å²) in [6.07, 6.45) is 1.55. The Morgan fingerprint density at radius 3 is 2.59 bits per heavy atom. The van der Waals surface area contributed by atoms with Crippen LogP contribution in [0.3, 0.4) is 0 Å². The summed E-state index contributed by atoms with van der Waals surface area (Å²) in [5.74, 6) is -0.0475. The lowest BCUT2D eigenvalue weighted by Gasteiger charge is -2.36. The summed E-state index contributed by atoms with van der Waals surface area (Å²) in [6.45, 7) is 8.49. The van der Waals surface area contributed by atoms with Crippen LogP contribution in [0.4, 0.5) is 5.69 Å². The lowest BCUT2D eigenvalue weighted by Crippen LogP contribution is -2.48. The highest BCUT2D eigenvalue weighted by molar-refractivity contribution is 7.19. The molecular weight excluding hydrogens is 408 g/mol. The molecule has 1 fully saturated rings. The number of aromatic nitrogens is 2. The number of thiophene rings is 1. The van der Waals surface area contributed by atoms with Gasteiger partial charge in [0.25, 0.3) is 11.5 Å². The Labute approximate surface area is 178 Å². The molecule has 1 saturated heterocycles. The number of piperazine rings is 1. The van der Waals surface area contributed by atoms with E-state index >= 15 is 0 Å². The highest BCUT2D eigenvalue weighted by Crippen LogP contribution is 2.29. The summed E-state index contributed by atoms with van der Waals surface area (Å²) >= 11 is 7.46. The number of aryl methyl sites for hydroxylation is 1. The average Bonchev–Trinajstić information content (AvgIpc) is 3.04. The zero-order chi connectivity index (χ0) is 20.7. The molecule has 8 heteroatoms. The van der Waals surface area contributed by atoms with Gasteiger partial charge in [-0.3, -0.25) is 14.2 Å². The molecule has 0 radical (unpaired) electrons. The van der Waals surface area contributed by atoms with Crippen molar-refractivity contribution < 1.29 is 4.79 Å². The molecule has 6 nitrogen and oxygen atoms in total. The van der Waals surface area contributed by atoms with Gasteiger partial charge in [-0.2, -0.15) is 0 Å². The van der Waals surface area contributed by atoms with E-state index in [1.165, 1.54) is 11.3 Å². The third-order valence-corrected chi connectivity index (χ3v) is 6.63. The van der Waals surface area contributed by atoms with Gasteiger partial charge in [-0.25, -0.2) is 4.98 Å². The van der Waals surface area contributed by atoms with Gasteiger partial charge in [0.05, 0.1) is 11.9 Å². The summed E-state index contributed by atoms with van der Waals surface area (Å²) in [5.41, 5.74) is 2.08. The molecule has 1 aliphatic rings. The summed E-state index contributed by atoms with van der Waals surface area (Å²) in [5, 5.41) is 0.708. The van der Waals surface area contributed by atoms with E-state index in [0.717, 1.165) is 23.7 Å². The van der Waals surface area contributed by atoms with Gasteiger partial charge in [0.15, 0.2) is 0 Å². The molecule has 0 bridgehead atoms. The number of hydrogen-bond donors (Lipinski definition) is 0. The van der Waals surface area contributed by atoms with E-state index in [2.05, 4.69) is 9.88 Å². The van der Waals surface area contributed by atoms with Crippen LogP contribution in [0.25, 0.3) is 10.2 Å². The van der Waals surface area contributed by atoms with Crippen molar-refractivity contribution in [1.29, 1.82) is 0 Å². The first kappa shape index (κ1) is 19.9. The number of carbonyl (C=O) groups excluding carboxylic acids is 1. The minimum Gasteiger partial charge on any atom is -0.368 e. The summed E-state index contributed by atoms with van der Waals surface area (Å²) in [4.78, 5) is 35.4. The number of amides is 1. The fourth-order valence-corrected chi connectivity index (χ4v) is 4.93. The van der Waals surface area contributed by atoms with Gasteiger partial charge >= 0.3 is 0 Å². The Morgan fingerprint density at radius 1 is 1.21 bits per heavy atom. The predicted molar refractivity (Wildman–Crippen MR) is 119 cm³/mol. The zero-order valence-corrected chi connectivity index (χ0v) is 18.3. The Kier molecular flexibility index (Phi) is 5.36. The van der Waals surface area contributed by atoms with Gasteiger partial charge < -0.3 is 9.80 Å². The Bertz CT molecular complexity index is 1130. The van der Waals surface area contributed by atoms with E-state index in [9.17, 15) is 9.59 Å². The van der Waals surface area contributed by atoms with Crippen molar-refractivity contribution in [2.45, 2.75) is 26.8 Å².